The van der Waals surface area contributed by atoms with Gasteiger partial charge >= 0.3 is 0 Å². The number of nitrogens with two attached hydrogens (primary N) is 1. The SMILES string of the molecule is Cc1cc(C)cc(Oc2ncccc2CCN)c1. The highest BCUT2D eigenvalue weighted by molar-refractivity contribution is 5.37. The minimum atomic E-state index is 0.592. The van der Waals surface area contributed by atoms with E-state index in [-0.39, 0.29) is 0 Å². The lowest BCUT2D eigenvalue weighted by molar-refractivity contribution is 0.455. The summed E-state index contributed by atoms with van der Waals surface area (Å²) in [4.78, 5) is 4.27. The standard InChI is InChI=1S/C15H18N2O/c1-11-8-12(2)10-14(9-11)18-15-13(5-6-16)4-3-7-17-15/h3-4,7-10H,5-6,16H2,1-2H3. The van der Waals surface area contributed by atoms with Gasteiger partial charge in [0.25, 0.3) is 0 Å². The number of nitrogens with zero attached hydrogens (tertiary/aromatic N) is 1. The second kappa shape index (κ2) is 5.65. The average Bonchev–Trinajstić information content (AvgIpc) is 2.30. The number of rotatable bonds is 4. The molecule has 0 aliphatic heterocycles. The molecular formula is C15H18N2O. The molecule has 18 heavy (non-hydrogen) atoms. The van der Waals surface area contributed by atoms with E-state index in [9.17, 15) is 0 Å². The number of aryl methyl sites for hydroxylation is 2. The first-order chi connectivity index (χ1) is 8.69. The summed E-state index contributed by atoms with van der Waals surface area (Å²) in [6.45, 7) is 4.70. The molecule has 1 aromatic heterocycles. The lowest BCUT2D eigenvalue weighted by Gasteiger charge is -2.10. The first-order valence-corrected chi connectivity index (χ1v) is 6.09. The highest BCUT2D eigenvalue weighted by Crippen LogP contribution is 2.25. The van der Waals surface area contributed by atoms with Gasteiger partial charge in [-0.3, -0.25) is 0 Å². The van der Waals surface area contributed by atoms with Crippen LogP contribution in [0.2, 0.25) is 0 Å². The van der Waals surface area contributed by atoms with Crippen molar-refractivity contribution < 1.29 is 4.74 Å². The summed E-state index contributed by atoms with van der Waals surface area (Å²) >= 11 is 0. The number of aromatic nitrogens is 1. The quantitative estimate of drug-likeness (QED) is 0.896. The Morgan fingerprint density at radius 2 is 1.89 bits per heavy atom. The van der Waals surface area contributed by atoms with Crippen molar-refractivity contribution in [3.05, 3.63) is 53.2 Å². The zero-order valence-electron chi connectivity index (χ0n) is 10.8. The number of hydrogen-bond acceptors (Lipinski definition) is 3. The van der Waals surface area contributed by atoms with Crippen molar-refractivity contribution in [3.63, 3.8) is 0 Å². The van der Waals surface area contributed by atoms with Crippen molar-refractivity contribution >= 4 is 0 Å². The maximum atomic E-state index is 5.86. The van der Waals surface area contributed by atoms with Crippen molar-refractivity contribution in [1.82, 2.24) is 4.98 Å². The highest BCUT2D eigenvalue weighted by Gasteiger charge is 2.06. The molecule has 94 valence electrons. The largest absolute Gasteiger partial charge is 0.439 e. The number of pyridine rings is 1. The summed E-state index contributed by atoms with van der Waals surface area (Å²) in [5, 5.41) is 0. The molecule has 0 unspecified atom stereocenters. The monoisotopic (exact) mass is 242 g/mol. The lowest BCUT2D eigenvalue weighted by atomic mass is 10.1. The third-order valence-corrected chi connectivity index (χ3v) is 2.67. The normalized spacial score (nSPS) is 10.4. The highest BCUT2D eigenvalue weighted by atomic mass is 16.5. The van der Waals surface area contributed by atoms with Crippen molar-refractivity contribution in [2.45, 2.75) is 20.3 Å². The predicted octanol–water partition coefficient (Wildman–Crippen LogP) is 2.99. The van der Waals surface area contributed by atoms with Gasteiger partial charge in [-0.25, -0.2) is 4.98 Å². The molecule has 0 spiro atoms. The molecule has 2 aromatic rings. The third kappa shape index (κ3) is 3.08. The fourth-order valence-corrected chi connectivity index (χ4v) is 1.97. The van der Waals surface area contributed by atoms with Crippen LogP contribution in [0.5, 0.6) is 11.6 Å². The second-order valence-electron chi connectivity index (χ2n) is 4.43. The molecule has 0 fully saturated rings. The van der Waals surface area contributed by atoms with Crippen LogP contribution in [-0.2, 0) is 6.42 Å². The molecule has 3 nitrogen and oxygen atoms in total. The summed E-state index contributed by atoms with van der Waals surface area (Å²) in [5.41, 5.74) is 8.99. The average molecular weight is 242 g/mol. The fraction of sp³-hybridized carbons (Fsp3) is 0.267. The molecule has 0 aliphatic carbocycles. The van der Waals surface area contributed by atoms with Gasteiger partial charge in [-0.2, -0.15) is 0 Å². The Balaban J connectivity index is 2.27. The van der Waals surface area contributed by atoms with Gasteiger partial charge in [-0.05, 0) is 56.1 Å². The van der Waals surface area contributed by atoms with Crippen LogP contribution in [-0.4, -0.2) is 11.5 Å². The van der Waals surface area contributed by atoms with E-state index < -0.39 is 0 Å². The topological polar surface area (TPSA) is 48.1 Å². The number of benzene rings is 1. The summed E-state index contributed by atoms with van der Waals surface area (Å²) in [6.07, 6.45) is 2.51. The van der Waals surface area contributed by atoms with Crippen LogP contribution in [0.4, 0.5) is 0 Å². The van der Waals surface area contributed by atoms with Gasteiger partial charge in [0.2, 0.25) is 5.88 Å². The van der Waals surface area contributed by atoms with E-state index in [1.54, 1.807) is 6.20 Å². The molecule has 0 saturated carbocycles. The Hall–Kier alpha value is -1.87. The van der Waals surface area contributed by atoms with Crippen LogP contribution in [0, 0.1) is 13.8 Å². The Kier molecular flexibility index (Phi) is 3.95. The van der Waals surface area contributed by atoms with Crippen molar-refractivity contribution in [1.29, 1.82) is 0 Å². The van der Waals surface area contributed by atoms with Crippen molar-refractivity contribution in [3.8, 4) is 11.6 Å². The molecule has 0 atom stereocenters. The molecule has 0 radical (unpaired) electrons. The van der Waals surface area contributed by atoms with Crippen molar-refractivity contribution in [2.24, 2.45) is 5.73 Å². The summed E-state index contributed by atoms with van der Waals surface area (Å²) in [5.74, 6) is 1.47. The Bertz CT molecular complexity index is 518. The number of hydrogen-bond donors (Lipinski definition) is 1. The van der Waals surface area contributed by atoms with Gasteiger partial charge in [0, 0.05) is 11.8 Å². The molecule has 0 saturated heterocycles. The van der Waals surface area contributed by atoms with E-state index in [2.05, 4.69) is 24.9 Å². The predicted molar refractivity (Wildman–Crippen MR) is 73.0 cm³/mol. The minimum absolute atomic E-state index is 0.592. The summed E-state index contributed by atoms with van der Waals surface area (Å²) in [6, 6.07) is 10.0. The smallest absolute Gasteiger partial charge is 0.222 e. The Morgan fingerprint density at radius 1 is 1.17 bits per heavy atom. The maximum Gasteiger partial charge on any atom is 0.222 e. The molecule has 2 rings (SSSR count). The van der Waals surface area contributed by atoms with Gasteiger partial charge < -0.3 is 10.5 Å². The van der Waals surface area contributed by atoms with E-state index in [0.29, 0.717) is 12.4 Å². The first kappa shape index (κ1) is 12.6. The first-order valence-electron chi connectivity index (χ1n) is 6.09. The zero-order valence-corrected chi connectivity index (χ0v) is 10.8. The maximum absolute atomic E-state index is 5.86. The third-order valence-electron chi connectivity index (χ3n) is 2.67. The Labute approximate surface area is 108 Å². The molecule has 1 aromatic carbocycles. The van der Waals surface area contributed by atoms with Gasteiger partial charge in [-0.1, -0.05) is 12.1 Å². The van der Waals surface area contributed by atoms with E-state index in [1.165, 1.54) is 11.1 Å². The van der Waals surface area contributed by atoms with E-state index in [0.717, 1.165) is 17.7 Å². The summed E-state index contributed by atoms with van der Waals surface area (Å²) < 4.78 is 5.86. The van der Waals surface area contributed by atoms with Gasteiger partial charge in [0.05, 0.1) is 0 Å². The zero-order chi connectivity index (χ0) is 13.0. The van der Waals surface area contributed by atoms with Gasteiger partial charge in [-0.15, -0.1) is 0 Å². The van der Waals surface area contributed by atoms with Crippen LogP contribution in [0.25, 0.3) is 0 Å². The van der Waals surface area contributed by atoms with E-state index >= 15 is 0 Å². The fourth-order valence-electron chi connectivity index (χ4n) is 1.97. The Morgan fingerprint density at radius 3 is 2.56 bits per heavy atom. The second-order valence-corrected chi connectivity index (χ2v) is 4.43. The van der Waals surface area contributed by atoms with E-state index in [1.807, 2.05) is 24.3 Å². The number of ether oxygens (including phenoxy) is 1. The molecule has 2 N–H and O–H groups in total. The molecular weight excluding hydrogens is 224 g/mol. The van der Waals surface area contributed by atoms with E-state index in [4.69, 9.17) is 10.5 Å². The minimum Gasteiger partial charge on any atom is -0.439 e. The van der Waals surface area contributed by atoms with Crippen LogP contribution in [0.1, 0.15) is 16.7 Å². The molecule has 1 heterocycles. The molecule has 0 bridgehead atoms. The lowest BCUT2D eigenvalue weighted by Crippen LogP contribution is -2.04. The van der Waals surface area contributed by atoms with Crippen LogP contribution >= 0.6 is 0 Å². The van der Waals surface area contributed by atoms with Crippen LogP contribution < -0.4 is 10.5 Å². The van der Waals surface area contributed by atoms with Crippen LogP contribution in [0.15, 0.2) is 36.5 Å². The van der Waals surface area contributed by atoms with Gasteiger partial charge in [0.1, 0.15) is 5.75 Å². The molecule has 0 aliphatic rings. The van der Waals surface area contributed by atoms with Crippen molar-refractivity contribution in [2.75, 3.05) is 6.54 Å². The molecule has 0 amide bonds. The van der Waals surface area contributed by atoms with Gasteiger partial charge in [0.15, 0.2) is 0 Å². The van der Waals surface area contributed by atoms with Crippen LogP contribution in [0.3, 0.4) is 0 Å². The summed E-state index contributed by atoms with van der Waals surface area (Å²) in [7, 11) is 0. The molecule has 3 heteroatoms.